The summed E-state index contributed by atoms with van der Waals surface area (Å²) in [5.41, 5.74) is 1.80. The molecular weight excluding hydrogens is 378 g/mol. The normalized spacial score (nSPS) is 18.4. The third kappa shape index (κ3) is 3.88. The summed E-state index contributed by atoms with van der Waals surface area (Å²) in [6.45, 7) is 3.10. The Bertz CT molecular complexity index is 965. The average Bonchev–Trinajstić information content (AvgIpc) is 2.68. The first-order valence-corrected chi connectivity index (χ1v) is 9.46. The van der Waals surface area contributed by atoms with Gasteiger partial charge in [-0.2, -0.15) is 0 Å². The molecule has 4 rings (SSSR count). The summed E-state index contributed by atoms with van der Waals surface area (Å²) in [4.78, 5) is 29.2. The summed E-state index contributed by atoms with van der Waals surface area (Å²) in [7, 11) is 2.04. The lowest BCUT2D eigenvalue weighted by Crippen LogP contribution is -2.47. The monoisotopic (exact) mass is 397 g/mol. The number of likely N-dealkylation sites (N-methyl/N-ethyl adjacent to an activating group) is 1. The molecule has 0 radical (unpaired) electrons. The number of anilines is 1. The molecule has 1 saturated heterocycles. The molecule has 144 valence electrons. The maximum Gasteiger partial charge on any atom is 0.291 e. The second kappa shape index (κ2) is 7.66. The topological polar surface area (TPSA) is 61.9 Å². The van der Waals surface area contributed by atoms with Crippen molar-refractivity contribution >= 4 is 35.2 Å². The molecule has 0 bridgehead atoms. The molecule has 0 aliphatic carbocycles. The molecule has 2 heterocycles. The van der Waals surface area contributed by atoms with Gasteiger partial charge in [0.25, 0.3) is 11.8 Å². The summed E-state index contributed by atoms with van der Waals surface area (Å²) in [5, 5.41) is 3.39. The molecule has 6 nitrogen and oxygen atoms in total. The summed E-state index contributed by atoms with van der Waals surface area (Å²) in [5.74, 6) is 0.276. The van der Waals surface area contributed by atoms with Gasteiger partial charge in [-0.1, -0.05) is 23.7 Å². The van der Waals surface area contributed by atoms with Crippen molar-refractivity contribution in [2.75, 3.05) is 38.5 Å². The van der Waals surface area contributed by atoms with Crippen LogP contribution in [-0.2, 0) is 4.79 Å². The maximum atomic E-state index is 12.7. The van der Waals surface area contributed by atoms with Crippen LogP contribution in [0.25, 0.3) is 6.08 Å². The molecule has 2 aliphatic heterocycles. The number of nitrogens with one attached hydrogen (secondary N) is 1. The molecule has 7 heteroatoms. The first kappa shape index (κ1) is 18.5. The predicted octanol–water partition coefficient (Wildman–Crippen LogP) is 3.10. The van der Waals surface area contributed by atoms with Gasteiger partial charge in [-0.3, -0.25) is 9.59 Å². The molecular formula is C21H20ClN3O3. The Morgan fingerprint density at radius 1 is 1.14 bits per heavy atom. The van der Waals surface area contributed by atoms with Crippen LogP contribution in [0.4, 0.5) is 5.69 Å². The first-order valence-electron chi connectivity index (χ1n) is 9.08. The van der Waals surface area contributed by atoms with E-state index in [0.29, 0.717) is 35.1 Å². The maximum absolute atomic E-state index is 12.7. The van der Waals surface area contributed by atoms with E-state index in [4.69, 9.17) is 16.3 Å². The minimum absolute atomic E-state index is 0.0367. The molecule has 0 unspecified atom stereocenters. The van der Waals surface area contributed by atoms with Gasteiger partial charge < -0.3 is 19.9 Å². The largest absolute Gasteiger partial charge is 0.449 e. The van der Waals surface area contributed by atoms with Crippen molar-refractivity contribution in [2.24, 2.45) is 0 Å². The van der Waals surface area contributed by atoms with Crippen molar-refractivity contribution in [2.45, 2.75) is 0 Å². The van der Waals surface area contributed by atoms with Gasteiger partial charge in [0.05, 0.1) is 5.69 Å². The molecule has 0 aromatic heterocycles. The number of hydrogen-bond acceptors (Lipinski definition) is 4. The zero-order valence-corrected chi connectivity index (χ0v) is 16.2. The van der Waals surface area contributed by atoms with Gasteiger partial charge in [-0.05, 0) is 49.0 Å². The summed E-state index contributed by atoms with van der Waals surface area (Å²) in [6.07, 6.45) is 1.63. The van der Waals surface area contributed by atoms with Crippen LogP contribution < -0.4 is 10.1 Å². The van der Waals surface area contributed by atoms with Crippen LogP contribution in [0.1, 0.15) is 15.9 Å². The highest BCUT2D eigenvalue weighted by molar-refractivity contribution is 6.30. The van der Waals surface area contributed by atoms with E-state index < -0.39 is 0 Å². The Kier molecular flexibility index (Phi) is 5.07. The minimum Gasteiger partial charge on any atom is -0.449 e. The van der Waals surface area contributed by atoms with Gasteiger partial charge in [0, 0.05) is 36.8 Å². The number of piperazine rings is 1. The summed E-state index contributed by atoms with van der Waals surface area (Å²) >= 11 is 5.99. The van der Waals surface area contributed by atoms with E-state index in [1.54, 1.807) is 42.5 Å². The van der Waals surface area contributed by atoms with Crippen molar-refractivity contribution in [1.82, 2.24) is 9.80 Å². The highest BCUT2D eigenvalue weighted by Gasteiger charge is 2.25. The Morgan fingerprint density at radius 2 is 1.93 bits per heavy atom. The average molecular weight is 398 g/mol. The van der Waals surface area contributed by atoms with Gasteiger partial charge in [0.2, 0.25) is 0 Å². The van der Waals surface area contributed by atoms with Crippen molar-refractivity contribution in [3.63, 3.8) is 0 Å². The Labute approximate surface area is 168 Å². The van der Waals surface area contributed by atoms with Crippen LogP contribution in [0.15, 0.2) is 48.2 Å². The molecule has 1 N–H and O–H groups in total. The molecule has 2 aromatic carbocycles. The smallest absolute Gasteiger partial charge is 0.291 e. The van der Waals surface area contributed by atoms with Crippen molar-refractivity contribution in [3.8, 4) is 5.75 Å². The summed E-state index contributed by atoms with van der Waals surface area (Å²) in [6, 6.07) is 12.3. The zero-order valence-electron chi connectivity index (χ0n) is 15.4. The lowest BCUT2D eigenvalue weighted by molar-refractivity contribution is -0.115. The number of halogens is 1. The SMILES string of the molecule is CN1CCN(C(=O)c2ccc3c(c2)NC(=O)C(=Cc2cccc(Cl)c2)O3)CC1. The highest BCUT2D eigenvalue weighted by Crippen LogP contribution is 2.33. The highest BCUT2D eigenvalue weighted by atomic mass is 35.5. The van der Waals surface area contributed by atoms with Crippen molar-refractivity contribution < 1.29 is 14.3 Å². The number of rotatable bonds is 2. The van der Waals surface area contributed by atoms with Crippen molar-refractivity contribution in [3.05, 3.63) is 64.4 Å². The molecule has 2 aromatic rings. The fourth-order valence-corrected chi connectivity index (χ4v) is 3.43. The van der Waals surface area contributed by atoms with Crippen LogP contribution in [0.3, 0.4) is 0 Å². The standard InChI is InChI=1S/C21H20ClN3O3/c1-24-7-9-25(10-8-24)21(27)15-5-6-18-17(13-15)23-20(26)19(28-18)12-14-3-2-4-16(22)11-14/h2-6,11-13H,7-10H2,1H3,(H,23,26). The number of ether oxygens (including phenoxy) is 1. The molecule has 28 heavy (non-hydrogen) atoms. The second-order valence-corrected chi connectivity index (χ2v) is 7.36. The van der Waals surface area contributed by atoms with Gasteiger partial charge in [0.15, 0.2) is 11.5 Å². The fraction of sp³-hybridized carbons (Fsp3) is 0.238. The molecule has 0 spiro atoms. The van der Waals surface area contributed by atoms with Gasteiger partial charge in [-0.15, -0.1) is 0 Å². The third-order valence-electron chi connectivity index (χ3n) is 4.86. The quantitative estimate of drug-likeness (QED) is 0.791. The number of nitrogens with zero attached hydrogens (tertiary/aromatic N) is 2. The first-order chi connectivity index (χ1) is 13.5. The second-order valence-electron chi connectivity index (χ2n) is 6.93. The van der Waals surface area contributed by atoms with E-state index in [1.165, 1.54) is 0 Å². The minimum atomic E-state index is -0.364. The molecule has 0 atom stereocenters. The molecule has 2 aliphatic rings. The van der Waals surface area contributed by atoms with Crippen LogP contribution in [0.2, 0.25) is 5.02 Å². The van der Waals surface area contributed by atoms with E-state index in [0.717, 1.165) is 18.7 Å². The number of hydrogen-bond donors (Lipinski definition) is 1. The van der Waals surface area contributed by atoms with Gasteiger partial charge in [-0.25, -0.2) is 0 Å². The molecule has 0 saturated carbocycles. The van der Waals surface area contributed by atoms with Crippen LogP contribution >= 0.6 is 11.6 Å². The Balaban J connectivity index is 1.54. The fourth-order valence-electron chi connectivity index (χ4n) is 3.23. The van der Waals surface area contributed by atoms with Gasteiger partial charge in [0.1, 0.15) is 0 Å². The molecule has 1 fully saturated rings. The summed E-state index contributed by atoms with van der Waals surface area (Å²) < 4.78 is 5.76. The third-order valence-corrected chi connectivity index (χ3v) is 5.09. The predicted molar refractivity (Wildman–Crippen MR) is 109 cm³/mol. The van der Waals surface area contributed by atoms with E-state index >= 15 is 0 Å². The number of fused-ring (bicyclic) bond motifs is 1. The van der Waals surface area contributed by atoms with Crippen LogP contribution in [-0.4, -0.2) is 54.8 Å². The van der Waals surface area contributed by atoms with Crippen LogP contribution in [0.5, 0.6) is 5.75 Å². The van der Waals surface area contributed by atoms with E-state index in [2.05, 4.69) is 10.2 Å². The lowest BCUT2D eigenvalue weighted by atomic mass is 10.1. The zero-order chi connectivity index (χ0) is 19.7. The Morgan fingerprint density at radius 3 is 2.68 bits per heavy atom. The number of carbonyl (C=O) groups is 2. The van der Waals surface area contributed by atoms with E-state index in [1.807, 2.05) is 18.0 Å². The molecule has 2 amide bonds. The number of benzene rings is 2. The number of amides is 2. The van der Waals surface area contributed by atoms with E-state index in [9.17, 15) is 9.59 Å². The number of carbonyl (C=O) groups excluding carboxylic acids is 2. The van der Waals surface area contributed by atoms with Crippen molar-refractivity contribution in [1.29, 1.82) is 0 Å². The van der Waals surface area contributed by atoms with E-state index in [-0.39, 0.29) is 17.6 Å². The lowest BCUT2D eigenvalue weighted by Gasteiger charge is -2.32. The van der Waals surface area contributed by atoms with Gasteiger partial charge >= 0.3 is 0 Å². The van der Waals surface area contributed by atoms with Crippen LogP contribution in [0, 0.1) is 0 Å². The Hall–Kier alpha value is -2.83.